The van der Waals surface area contributed by atoms with E-state index in [2.05, 4.69) is 27.7 Å². The Hall–Kier alpha value is -1.28. The number of furan rings is 1. The summed E-state index contributed by atoms with van der Waals surface area (Å²) in [5.41, 5.74) is 0.704. The van der Waals surface area contributed by atoms with E-state index in [9.17, 15) is 4.79 Å². The SMILES string of the molecule is CC(CC(=O)c1cc2cccc(Cl)c2o1)C(C)(C)C. The highest BCUT2D eigenvalue weighted by molar-refractivity contribution is 6.34. The van der Waals surface area contributed by atoms with Crippen molar-refractivity contribution in [2.24, 2.45) is 11.3 Å². The van der Waals surface area contributed by atoms with E-state index in [-0.39, 0.29) is 11.2 Å². The van der Waals surface area contributed by atoms with Crippen molar-refractivity contribution < 1.29 is 9.21 Å². The molecular weight excluding hydrogens is 260 g/mol. The van der Waals surface area contributed by atoms with Gasteiger partial charge in [-0.05, 0) is 23.5 Å². The van der Waals surface area contributed by atoms with Gasteiger partial charge in [0.2, 0.25) is 0 Å². The molecule has 3 heteroatoms. The number of carbonyl (C=O) groups excluding carboxylic acids is 1. The summed E-state index contributed by atoms with van der Waals surface area (Å²) < 4.78 is 5.59. The Morgan fingerprint density at radius 2 is 2.05 bits per heavy atom. The maximum atomic E-state index is 12.2. The lowest BCUT2D eigenvalue weighted by Crippen LogP contribution is -2.20. The lowest BCUT2D eigenvalue weighted by Gasteiger charge is -2.26. The van der Waals surface area contributed by atoms with E-state index in [4.69, 9.17) is 16.0 Å². The van der Waals surface area contributed by atoms with Gasteiger partial charge in [0.25, 0.3) is 0 Å². The number of rotatable bonds is 3. The highest BCUT2D eigenvalue weighted by Crippen LogP contribution is 2.31. The lowest BCUT2D eigenvalue weighted by molar-refractivity contribution is 0.0902. The number of para-hydroxylation sites is 1. The second kappa shape index (κ2) is 5.01. The highest BCUT2D eigenvalue weighted by atomic mass is 35.5. The first-order chi connectivity index (χ1) is 8.79. The van der Waals surface area contributed by atoms with Gasteiger partial charge in [0.1, 0.15) is 0 Å². The molecule has 1 aromatic heterocycles. The minimum atomic E-state index is 0.0368. The van der Waals surface area contributed by atoms with Gasteiger partial charge in [0.05, 0.1) is 5.02 Å². The Morgan fingerprint density at radius 3 is 2.63 bits per heavy atom. The van der Waals surface area contributed by atoms with Crippen molar-refractivity contribution >= 4 is 28.4 Å². The second-order valence-corrected chi connectivity index (χ2v) is 6.57. The fourth-order valence-corrected chi connectivity index (χ4v) is 2.07. The third-order valence-electron chi connectivity index (χ3n) is 3.74. The molecule has 0 aliphatic heterocycles. The molecule has 19 heavy (non-hydrogen) atoms. The molecular formula is C16H19ClO2. The molecule has 2 nitrogen and oxygen atoms in total. The number of carbonyl (C=O) groups is 1. The molecule has 102 valence electrons. The van der Waals surface area contributed by atoms with Crippen molar-refractivity contribution in [2.75, 3.05) is 0 Å². The molecule has 0 fully saturated rings. The lowest BCUT2D eigenvalue weighted by atomic mass is 9.79. The molecule has 0 aliphatic carbocycles. The van der Waals surface area contributed by atoms with Crippen LogP contribution < -0.4 is 0 Å². The standard InChI is InChI=1S/C16H19ClO2/c1-10(16(2,3)4)8-13(18)14-9-11-6-5-7-12(17)15(11)19-14/h5-7,9-10H,8H2,1-4H3. The molecule has 2 rings (SSSR count). The van der Waals surface area contributed by atoms with Crippen LogP contribution in [0.15, 0.2) is 28.7 Å². The van der Waals surface area contributed by atoms with Crippen molar-refractivity contribution in [1.82, 2.24) is 0 Å². The largest absolute Gasteiger partial charge is 0.451 e. The van der Waals surface area contributed by atoms with Crippen LogP contribution in [0.5, 0.6) is 0 Å². The predicted octanol–water partition coefficient (Wildman–Crippen LogP) is 5.34. The summed E-state index contributed by atoms with van der Waals surface area (Å²) in [5, 5.41) is 1.42. The van der Waals surface area contributed by atoms with Crippen LogP contribution in [-0.4, -0.2) is 5.78 Å². The van der Waals surface area contributed by atoms with Crippen molar-refractivity contribution in [1.29, 1.82) is 0 Å². The number of ketones is 1. The van der Waals surface area contributed by atoms with Gasteiger partial charge in [0.15, 0.2) is 17.1 Å². The second-order valence-electron chi connectivity index (χ2n) is 6.16. The van der Waals surface area contributed by atoms with Gasteiger partial charge in [0, 0.05) is 11.8 Å². The number of hydrogen-bond donors (Lipinski definition) is 0. The van der Waals surface area contributed by atoms with Gasteiger partial charge in [-0.3, -0.25) is 4.79 Å². The van der Waals surface area contributed by atoms with E-state index in [1.165, 1.54) is 0 Å². The van der Waals surface area contributed by atoms with E-state index < -0.39 is 0 Å². The first kappa shape index (κ1) is 14.1. The number of Topliss-reactive ketones (excluding diaryl/α,β-unsaturated/α-hetero) is 1. The van der Waals surface area contributed by atoms with Crippen LogP contribution in [0.2, 0.25) is 5.02 Å². The van der Waals surface area contributed by atoms with Gasteiger partial charge in [-0.15, -0.1) is 0 Å². The van der Waals surface area contributed by atoms with Crippen molar-refractivity contribution in [3.63, 3.8) is 0 Å². The van der Waals surface area contributed by atoms with Crippen LogP contribution in [0.4, 0.5) is 0 Å². The van der Waals surface area contributed by atoms with Crippen LogP contribution in [0, 0.1) is 11.3 Å². The molecule has 0 bridgehead atoms. The summed E-state index contributed by atoms with van der Waals surface area (Å²) in [6.45, 7) is 8.51. The summed E-state index contributed by atoms with van der Waals surface area (Å²) in [6.07, 6.45) is 0.487. The molecule has 0 aliphatic rings. The monoisotopic (exact) mass is 278 g/mol. The smallest absolute Gasteiger partial charge is 0.198 e. The average Bonchev–Trinajstić information content (AvgIpc) is 2.73. The van der Waals surface area contributed by atoms with Crippen molar-refractivity contribution in [3.05, 3.63) is 35.0 Å². The maximum Gasteiger partial charge on any atom is 0.198 e. The fraction of sp³-hybridized carbons (Fsp3) is 0.438. The third kappa shape index (κ3) is 3.01. The molecule has 0 spiro atoms. The van der Waals surface area contributed by atoms with Gasteiger partial charge >= 0.3 is 0 Å². The molecule has 0 saturated heterocycles. The molecule has 1 atom stereocenters. The van der Waals surface area contributed by atoms with Gasteiger partial charge in [-0.2, -0.15) is 0 Å². The average molecular weight is 279 g/mol. The normalized spacial score (nSPS) is 13.7. The van der Waals surface area contributed by atoms with Crippen LogP contribution in [0.25, 0.3) is 11.0 Å². The van der Waals surface area contributed by atoms with E-state index in [1.54, 1.807) is 12.1 Å². The molecule has 2 aromatic rings. The maximum absolute atomic E-state index is 12.2. The molecule has 0 amide bonds. The summed E-state index contributed by atoms with van der Waals surface area (Å²) >= 11 is 6.05. The van der Waals surface area contributed by atoms with Crippen LogP contribution in [0.3, 0.4) is 0 Å². The topological polar surface area (TPSA) is 30.2 Å². The van der Waals surface area contributed by atoms with Gasteiger partial charge in [-0.1, -0.05) is 51.4 Å². The van der Waals surface area contributed by atoms with Gasteiger partial charge in [-0.25, -0.2) is 0 Å². The molecule has 1 heterocycles. The zero-order chi connectivity index (χ0) is 14.2. The Balaban J connectivity index is 2.25. The summed E-state index contributed by atoms with van der Waals surface area (Å²) in [7, 11) is 0. The van der Waals surface area contributed by atoms with Crippen molar-refractivity contribution in [3.8, 4) is 0 Å². The van der Waals surface area contributed by atoms with E-state index in [0.717, 1.165) is 5.39 Å². The van der Waals surface area contributed by atoms with Crippen molar-refractivity contribution in [2.45, 2.75) is 34.1 Å². The Bertz CT molecular complexity index is 605. The van der Waals surface area contributed by atoms with E-state index >= 15 is 0 Å². The number of halogens is 1. The Labute approximate surface area is 118 Å². The molecule has 0 N–H and O–H groups in total. The fourth-order valence-electron chi connectivity index (χ4n) is 1.85. The molecule has 1 aromatic carbocycles. The molecule has 0 radical (unpaired) electrons. The quantitative estimate of drug-likeness (QED) is 0.709. The van der Waals surface area contributed by atoms with Gasteiger partial charge < -0.3 is 4.42 Å². The third-order valence-corrected chi connectivity index (χ3v) is 4.04. The first-order valence-electron chi connectivity index (χ1n) is 6.50. The van der Waals surface area contributed by atoms with Crippen LogP contribution in [-0.2, 0) is 0 Å². The zero-order valence-electron chi connectivity index (χ0n) is 11.8. The van der Waals surface area contributed by atoms with Crippen LogP contribution >= 0.6 is 11.6 Å². The Kier molecular flexibility index (Phi) is 3.73. The van der Waals surface area contributed by atoms with Crippen LogP contribution in [0.1, 0.15) is 44.7 Å². The zero-order valence-corrected chi connectivity index (χ0v) is 12.5. The minimum absolute atomic E-state index is 0.0368. The van der Waals surface area contributed by atoms with E-state index in [1.807, 2.05) is 12.1 Å². The summed E-state index contributed by atoms with van der Waals surface area (Å²) in [6, 6.07) is 7.29. The number of hydrogen-bond acceptors (Lipinski definition) is 2. The first-order valence-corrected chi connectivity index (χ1v) is 6.88. The summed E-state index contributed by atoms with van der Waals surface area (Å²) in [5.74, 6) is 0.734. The Morgan fingerprint density at radius 1 is 1.37 bits per heavy atom. The summed E-state index contributed by atoms with van der Waals surface area (Å²) in [4.78, 5) is 12.2. The number of benzene rings is 1. The molecule has 1 unspecified atom stereocenters. The van der Waals surface area contributed by atoms with E-state index in [0.29, 0.717) is 28.7 Å². The molecule has 0 saturated carbocycles. The predicted molar refractivity (Wildman–Crippen MR) is 78.8 cm³/mol. The minimum Gasteiger partial charge on any atom is -0.451 e. The number of fused-ring (bicyclic) bond motifs is 1. The highest BCUT2D eigenvalue weighted by Gasteiger charge is 2.24.